The Morgan fingerprint density at radius 2 is 1.66 bits per heavy atom. The van der Waals surface area contributed by atoms with E-state index in [0.29, 0.717) is 22.9 Å². The predicted molar refractivity (Wildman–Crippen MR) is 127 cm³/mol. The molecule has 1 saturated carbocycles. The van der Waals surface area contributed by atoms with Crippen molar-refractivity contribution in [2.45, 2.75) is 44.2 Å². The number of urea groups is 1. The smallest absolute Gasteiger partial charge is 0.319 e. The second-order valence-corrected chi connectivity index (χ2v) is 8.28. The Morgan fingerprint density at radius 3 is 2.28 bits per heavy atom. The Bertz CT molecular complexity index is 866. The fourth-order valence-electron chi connectivity index (χ4n) is 4.10. The third-order valence-electron chi connectivity index (χ3n) is 5.72. The molecule has 0 radical (unpaired) electrons. The van der Waals surface area contributed by atoms with E-state index in [1.165, 1.54) is 5.56 Å². The van der Waals surface area contributed by atoms with Gasteiger partial charge >= 0.3 is 6.03 Å². The highest BCUT2D eigenvalue weighted by Gasteiger charge is 2.28. The molecule has 174 valence electrons. The van der Waals surface area contributed by atoms with E-state index in [1.54, 1.807) is 33.5 Å². The van der Waals surface area contributed by atoms with Crippen LogP contribution in [0.15, 0.2) is 36.4 Å². The summed E-state index contributed by atoms with van der Waals surface area (Å²) in [5, 5.41) is 10.4. The summed E-state index contributed by atoms with van der Waals surface area (Å²) in [7, 11) is 4.63. The number of carbonyl (C=O) groups excluding carboxylic acids is 1. The first-order chi connectivity index (χ1) is 15.5. The molecule has 2 atom stereocenters. The minimum Gasteiger partial charge on any atom is -0.493 e. The molecular formula is C24H32ClN3O4. The number of aryl methyl sites for hydroxylation is 1. The summed E-state index contributed by atoms with van der Waals surface area (Å²) in [6.07, 6.45) is 5.12. The first-order valence-corrected chi connectivity index (χ1v) is 11.3. The van der Waals surface area contributed by atoms with Crippen LogP contribution in [0.2, 0.25) is 5.02 Å². The molecule has 0 aliphatic heterocycles. The fourth-order valence-corrected chi connectivity index (χ4v) is 4.22. The Morgan fingerprint density at radius 1 is 1.00 bits per heavy atom. The monoisotopic (exact) mass is 461 g/mol. The van der Waals surface area contributed by atoms with Gasteiger partial charge < -0.3 is 30.2 Å². The van der Waals surface area contributed by atoms with E-state index in [2.05, 4.69) is 28.1 Å². The second kappa shape index (κ2) is 11.8. The molecule has 8 heteroatoms. The lowest BCUT2D eigenvalue weighted by molar-refractivity contribution is 0.246. The van der Waals surface area contributed by atoms with Crippen LogP contribution in [0.4, 0.5) is 10.5 Å². The van der Waals surface area contributed by atoms with Gasteiger partial charge in [0.1, 0.15) is 0 Å². The lowest BCUT2D eigenvalue weighted by Crippen LogP contribution is -2.48. The van der Waals surface area contributed by atoms with Crippen LogP contribution < -0.4 is 30.2 Å². The molecule has 2 aromatic rings. The lowest BCUT2D eigenvalue weighted by Gasteiger charge is -2.23. The van der Waals surface area contributed by atoms with Crippen LogP contribution in [0, 0.1) is 0 Å². The maximum atomic E-state index is 12.6. The first kappa shape index (κ1) is 24.0. The van der Waals surface area contributed by atoms with Crippen LogP contribution in [0.3, 0.4) is 0 Å². The molecule has 0 aromatic heterocycles. The molecule has 1 fully saturated rings. The number of hydrogen-bond acceptors (Lipinski definition) is 5. The van der Waals surface area contributed by atoms with E-state index in [0.717, 1.165) is 43.7 Å². The molecule has 2 aromatic carbocycles. The van der Waals surface area contributed by atoms with Gasteiger partial charge in [-0.05, 0) is 56.3 Å². The quantitative estimate of drug-likeness (QED) is 0.449. The van der Waals surface area contributed by atoms with Crippen LogP contribution in [0.5, 0.6) is 17.2 Å². The van der Waals surface area contributed by atoms with Crippen molar-refractivity contribution in [1.29, 1.82) is 0 Å². The van der Waals surface area contributed by atoms with E-state index in [9.17, 15) is 4.79 Å². The molecule has 0 bridgehead atoms. The van der Waals surface area contributed by atoms with Gasteiger partial charge in [-0.25, -0.2) is 4.79 Å². The van der Waals surface area contributed by atoms with Crippen LogP contribution in [0.1, 0.15) is 31.2 Å². The second-order valence-electron chi connectivity index (χ2n) is 7.84. The Balaban J connectivity index is 1.49. The number of amides is 2. The maximum Gasteiger partial charge on any atom is 0.319 e. The van der Waals surface area contributed by atoms with Gasteiger partial charge in [-0.3, -0.25) is 0 Å². The van der Waals surface area contributed by atoms with Gasteiger partial charge in [0.2, 0.25) is 5.75 Å². The van der Waals surface area contributed by atoms with Crippen molar-refractivity contribution in [1.82, 2.24) is 10.6 Å². The standard InChI is InChI=1S/C24H32ClN3O4/c1-30-21-14-18(15-22(31-2)23(21)32-3)27-24(29)28-20-8-4-7-19(20)26-13-5-6-16-9-11-17(25)12-10-16/h9-12,14-15,19-20,26H,4-8,13H2,1-3H3,(H2,27,28,29)/t19-,20-/m1/s1. The molecule has 0 unspecified atom stereocenters. The van der Waals surface area contributed by atoms with Crippen LogP contribution in [0.25, 0.3) is 0 Å². The SMILES string of the molecule is COc1cc(NC(=O)N[C@@H]2CCC[C@H]2NCCCc2ccc(Cl)cc2)cc(OC)c1OC. The Kier molecular flexibility index (Phi) is 8.88. The third kappa shape index (κ3) is 6.43. The van der Waals surface area contributed by atoms with Crippen LogP contribution in [-0.2, 0) is 6.42 Å². The number of rotatable bonds is 10. The highest BCUT2D eigenvalue weighted by molar-refractivity contribution is 6.30. The number of nitrogens with one attached hydrogen (secondary N) is 3. The van der Waals surface area contributed by atoms with Gasteiger partial charge in [0, 0.05) is 29.2 Å². The largest absolute Gasteiger partial charge is 0.493 e. The number of ether oxygens (including phenoxy) is 3. The molecule has 3 N–H and O–H groups in total. The molecule has 32 heavy (non-hydrogen) atoms. The summed E-state index contributed by atoms with van der Waals surface area (Å²) in [4.78, 5) is 12.6. The normalized spacial score (nSPS) is 17.6. The number of carbonyl (C=O) groups is 1. The number of methoxy groups -OCH3 is 3. The summed E-state index contributed by atoms with van der Waals surface area (Å²) >= 11 is 5.94. The average molecular weight is 462 g/mol. The van der Waals surface area contributed by atoms with E-state index in [4.69, 9.17) is 25.8 Å². The first-order valence-electron chi connectivity index (χ1n) is 10.9. The molecule has 1 aliphatic carbocycles. The van der Waals surface area contributed by atoms with Crippen molar-refractivity contribution in [2.75, 3.05) is 33.2 Å². The molecule has 1 aliphatic rings. The van der Waals surface area contributed by atoms with Crippen molar-refractivity contribution in [3.05, 3.63) is 47.0 Å². The predicted octanol–water partition coefficient (Wildman–Crippen LogP) is 4.63. The minimum absolute atomic E-state index is 0.0903. The van der Waals surface area contributed by atoms with Crippen LogP contribution >= 0.6 is 11.6 Å². The molecule has 0 heterocycles. The molecule has 0 spiro atoms. The van der Waals surface area contributed by atoms with E-state index >= 15 is 0 Å². The molecular weight excluding hydrogens is 430 g/mol. The topological polar surface area (TPSA) is 80.9 Å². The van der Waals surface area contributed by atoms with Gasteiger partial charge in [-0.2, -0.15) is 0 Å². The molecule has 0 saturated heterocycles. The average Bonchev–Trinajstić information content (AvgIpc) is 3.23. The van der Waals surface area contributed by atoms with E-state index in [-0.39, 0.29) is 18.1 Å². The third-order valence-corrected chi connectivity index (χ3v) is 5.97. The van der Waals surface area contributed by atoms with Gasteiger partial charge in [0.25, 0.3) is 0 Å². The number of hydrogen-bond donors (Lipinski definition) is 3. The Hall–Kier alpha value is -2.64. The molecule has 3 rings (SSSR count). The number of benzene rings is 2. The molecule has 2 amide bonds. The van der Waals surface area contributed by atoms with Crippen LogP contribution in [-0.4, -0.2) is 46.0 Å². The zero-order valence-corrected chi connectivity index (χ0v) is 19.6. The minimum atomic E-state index is -0.251. The summed E-state index contributed by atoms with van der Waals surface area (Å²) < 4.78 is 16.0. The molecule has 7 nitrogen and oxygen atoms in total. The summed E-state index contributed by atoms with van der Waals surface area (Å²) in [5.41, 5.74) is 1.85. The van der Waals surface area contributed by atoms with Crippen molar-refractivity contribution >= 4 is 23.3 Å². The Labute approximate surface area is 194 Å². The fraction of sp³-hybridized carbons (Fsp3) is 0.458. The number of halogens is 1. The van der Waals surface area contributed by atoms with E-state index < -0.39 is 0 Å². The van der Waals surface area contributed by atoms with Gasteiger partial charge in [0.15, 0.2) is 11.5 Å². The zero-order chi connectivity index (χ0) is 22.9. The van der Waals surface area contributed by atoms with Gasteiger partial charge in [-0.1, -0.05) is 23.7 Å². The van der Waals surface area contributed by atoms with Crippen molar-refractivity contribution < 1.29 is 19.0 Å². The maximum absolute atomic E-state index is 12.6. The van der Waals surface area contributed by atoms with E-state index in [1.807, 2.05) is 12.1 Å². The van der Waals surface area contributed by atoms with Crippen molar-refractivity contribution in [2.24, 2.45) is 0 Å². The lowest BCUT2D eigenvalue weighted by atomic mass is 10.1. The summed E-state index contributed by atoms with van der Waals surface area (Å²) in [6.45, 7) is 0.903. The highest BCUT2D eigenvalue weighted by Crippen LogP contribution is 2.39. The zero-order valence-electron chi connectivity index (χ0n) is 18.9. The summed E-state index contributed by atoms with van der Waals surface area (Å²) in [6, 6.07) is 11.5. The van der Waals surface area contributed by atoms with Crippen molar-refractivity contribution in [3.8, 4) is 17.2 Å². The summed E-state index contributed by atoms with van der Waals surface area (Å²) in [5.74, 6) is 1.46. The van der Waals surface area contributed by atoms with Crippen molar-refractivity contribution in [3.63, 3.8) is 0 Å². The van der Waals surface area contributed by atoms with Gasteiger partial charge in [0.05, 0.1) is 27.0 Å². The highest BCUT2D eigenvalue weighted by atomic mass is 35.5. The van der Waals surface area contributed by atoms with Gasteiger partial charge in [-0.15, -0.1) is 0 Å². The number of anilines is 1.